The molecule has 1 aliphatic rings. The van der Waals surface area contributed by atoms with Crippen LogP contribution in [0.3, 0.4) is 0 Å². The highest BCUT2D eigenvalue weighted by Gasteiger charge is 2.15. The van der Waals surface area contributed by atoms with Gasteiger partial charge in [-0.05, 0) is 12.8 Å². The molecule has 0 bridgehead atoms. The molecule has 6 heteroatoms. The average molecular weight is 226 g/mol. The molecule has 1 saturated heterocycles. The zero-order chi connectivity index (χ0) is 11.4. The van der Waals surface area contributed by atoms with Gasteiger partial charge in [-0.2, -0.15) is 0 Å². The van der Waals surface area contributed by atoms with Gasteiger partial charge in [-0.3, -0.25) is 0 Å². The lowest BCUT2D eigenvalue weighted by atomic mass is 10.1. The van der Waals surface area contributed by atoms with Crippen molar-refractivity contribution in [3.8, 4) is 0 Å². The molecule has 6 nitrogen and oxygen atoms in total. The van der Waals surface area contributed by atoms with Crippen molar-refractivity contribution in [3.63, 3.8) is 0 Å². The zero-order valence-electron chi connectivity index (χ0n) is 8.81. The summed E-state index contributed by atoms with van der Waals surface area (Å²) in [6, 6.07) is 1.85. The second-order valence-electron chi connectivity index (χ2n) is 3.75. The van der Waals surface area contributed by atoms with E-state index >= 15 is 0 Å². The van der Waals surface area contributed by atoms with Crippen molar-refractivity contribution in [3.05, 3.63) is 17.5 Å². The molecule has 0 aromatic carbocycles. The largest absolute Gasteiger partial charge is 0.476 e. The van der Waals surface area contributed by atoms with Crippen molar-refractivity contribution in [1.29, 1.82) is 0 Å². The lowest BCUT2D eigenvalue weighted by molar-refractivity contribution is 0.0685. The lowest BCUT2D eigenvalue weighted by Crippen LogP contribution is -2.34. The Morgan fingerprint density at radius 2 is 2.31 bits per heavy atom. The summed E-state index contributed by atoms with van der Waals surface area (Å²) < 4.78 is 10.1. The van der Waals surface area contributed by atoms with E-state index in [4.69, 9.17) is 14.4 Å². The molecule has 0 saturated carbocycles. The van der Waals surface area contributed by atoms with Crippen molar-refractivity contribution in [2.24, 2.45) is 0 Å². The number of carboxylic acid groups (broad SMARTS) is 1. The fraction of sp³-hybridized carbons (Fsp3) is 0.600. The first-order valence-corrected chi connectivity index (χ1v) is 5.26. The molecule has 16 heavy (non-hydrogen) atoms. The van der Waals surface area contributed by atoms with Crippen LogP contribution < -0.4 is 5.32 Å². The van der Waals surface area contributed by atoms with E-state index in [0.717, 1.165) is 26.1 Å². The summed E-state index contributed by atoms with van der Waals surface area (Å²) in [5.74, 6) is -0.523. The van der Waals surface area contributed by atoms with E-state index < -0.39 is 5.97 Å². The molecule has 0 aliphatic carbocycles. The Morgan fingerprint density at radius 3 is 2.94 bits per heavy atom. The fourth-order valence-electron chi connectivity index (χ4n) is 1.64. The van der Waals surface area contributed by atoms with Crippen LogP contribution in [0.2, 0.25) is 0 Å². The number of ether oxygens (including phenoxy) is 1. The van der Waals surface area contributed by atoms with Crippen molar-refractivity contribution in [2.45, 2.75) is 25.4 Å². The first-order chi connectivity index (χ1) is 7.75. The van der Waals surface area contributed by atoms with Crippen LogP contribution in [0, 0.1) is 0 Å². The van der Waals surface area contributed by atoms with Crippen LogP contribution in [0.1, 0.15) is 29.1 Å². The molecular formula is C10H14N2O4. The molecule has 88 valence electrons. The standard InChI is InChI=1S/C10H14N2O4/c13-10(14)9-5-8(16-12-9)6-11-7-1-3-15-4-2-7/h5,7,11H,1-4,6H2,(H,13,14). The van der Waals surface area contributed by atoms with Crippen molar-refractivity contribution < 1.29 is 19.2 Å². The molecule has 1 aromatic heterocycles. The summed E-state index contributed by atoms with van der Waals surface area (Å²) in [4.78, 5) is 10.6. The second-order valence-corrected chi connectivity index (χ2v) is 3.75. The van der Waals surface area contributed by atoms with Gasteiger partial charge in [-0.1, -0.05) is 5.16 Å². The van der Waals surface area contributed by atoms with Crippen LogP contribution in [-0.4, -0.2) is 35.5 Å². The molecule has 1 aromatic rings. The summed E-state index contributed by atoms with van der Waals surface area (Å²) in [6.45, 7) is 2.05. The number of hydrogen-bond acceptors (Lipinski definition) is 5. The molecule has 0 spiro atoms. The molecule has 2 N–H and O–H groups in total. The monoisotopic (exact) mass is 226 g/mol. The van der Waals surface area contributed by atoms with Gasteiger partial charge in [0.25, 0.3) is 0 Å². The van der Waals surface area contributed by atoms with Gasteiger partial charge in [0.2, 0.25) is 0 Å². The van der Waals surface area contributed by atoms with E-state index in [1.54, 1.807) is 0 Å². The van der Waals surface area contributed by atoms with E-state index in [0.29, 0.717) is 18.3 Å². The minimum absolute atomic E-state index is 0.0521. The molecule has 0 radical (unpaired) electrons. The Bertz CT molecular complexity index is 357. The van der Waals surface area contributed by atoms with E-state index in [-0.39, 0.29) is 5.69 Å². The molecule has 2 heterocycles. The van der Waals surface area contributed by atoms with Crippen LogP contribution in [0.15, 0.2) is 10.6 Å². The summed E-state index contributed by atoms with van der Waals surface area (Å²) in [6.07, 6.45) is 1.94. The number of nitrogens with zero attached hydrogens (tertiary/aromatic N) is 1. The normalized spacial score (nSPS) is 17.5. The Kier molecular flexibility index (Phi) is 3.53. The number of aromatic nitrogens is 1. The first-order valence-electron chi connectivity index (χ1n) is 5.26. The van der Waals surface area contributed by atoms with Gasteiger partial charge in [0.15, 0.2) is 11.5 Å². The Morgan fingerprint density at radius 1 is 1.56 bits per heavy atom. The predicted octanol–water partition coefficient (Wildman–Crippen LogP) is 0.641. The topological polar surface area (TPSA) is 84.6 Å². The lowest BCUT2D eigenvalue weighted by Gasteiger charge is -2.22. The maximum Gasteiger partial charge on any atom is 0.358 e. The van der Waals surface area contributed by atoms with Crippen LogP contribution in [0.5, 0.6) is 0 Å². The minimum atomic E-state index is -1.07. The number of aromatic carboxylic acids is 1. The van der Waals surface area contributed by atoms with E-state index in [1.807, 2.05) is 0 Å². The quantitative estimate of drug-likeness (QED) is 0.783. The SMILES string of the molecule is O=C(O)c1cc(CNC2CCOCC2)on1. The molecule has 0 unspecified atom stereocenters. The van der Waals surface area contributed by atoms with E-state index in [2.05, 4.69) is 10.5 Å². The first kappa shape index (κ1) is 11.1. The maximum atomic E-state index is 10.6. The van der Waals surface area contributed by atoms with Crippen LogP contribution in [0.25, 0.3) is 0 Å². The van der Waals surface area contributed by atoms with Crippen LogP contribution in [-0.2, 0) is 11.3 Å². The predicted molar refractivity (Wildman–Crippen MR) is 54.1 cm³/mol. The fourth-order valence-corrected chi connectivity index (χ4v) is 1.64. The van der Waals surface area contributed by atoms with Gasteiger partial charge < -0.3 is 19.7 Å². The Labute approximate surface area is 92.6 Å². The summed E-state index contributed by atoms with van der Waals surface area (Å²) in [5, 5.41) is 15.4. The smallest absolute Gasteiger partial charge is 0.358 e. The minimum Gasteiger partial charge on any atom is -0.476 e. The van der Waals surface area contributed by atoms with E-state index in [9.17, 15) is 4.79 Å². The van der Waals surface area contributed by atoms with Gasteiger partial charge in [0.1, 0.15) is 0 Å². The Balaban J connectivity index is 1.81. The van der Waals surface area contributed by atoms with Crippen molar-refractivity contribution >= 4 is 5.97 Å². The highest BCUT2D eigenvalue weighted by atomic mass is 16.5. The third-order valence-corrected chi connectivity index (χ3v) is 2.56. The van der Waals surface area contributed by atoms with Gasteiger partial charge in [0.05, 0.1) is 6.54 Å². The summed E-state index contributed by atoms with van der Waals surface area (Å²) in [7, 11) is 0. The van der Waals surface area contributed by atoms with Gasteiger partial charge in [-0.25, -0.2) is 4.79 Å². The van der Waals surface area contributed by atoms with Crippen molar-refractivity contribution in [2.75, 3.05) is 13.2 Å². The number of carboxylic acids is 1. The van der Waals surface area contributed by atoms with Gasteiger partial charge in [0, 0.05) is 25.3 Å². The average Bonchev–Trinajstić information content (AvgIpc) is 2.76. The highest BCUT2D eigenvalue weighted by Crippen LogP contribution is 2.08. The third kappa shape index (κ3) is 2.80. The second kappa shape index (κ2) is 5.09. The zero-order valence-corrected chi connectivity index (χ0v) is 8.81. The maximum absolute atomic E-state index is 10.6. The number of hydrogen-bond donors (Lipinski definition) is 2. The molecule has 1 aliphatic heterocycles. The molecule has 2 rings (SSSR count). The van der Waals surface area contributed by atoms with E-state index in [1.165, 1.54) is 6.07 Å². The summed E-state index contributed by atoms with van der Waals surface area (Å²) in [5.41, 5.74) is -0.0521. The van der Waals surface area contributed by atoms with Gasteiger partial charge in [-0.15, -0.1) is 0 Å². The third-order valence-electron chi connectivity index (χ3n) is 2.56. The molecule has 1 fully saturated rings. The highest BCUT2D eigenvalue weighted by molar-refractivity contribution is 5.85. The van der Waals surface area contributed by atoms with Gasteiger partial charge >= 0.3 is 5.97 Å². The van der Waals surface area contributed by atoms with Crippen LogP contribution >= 0.6 is 0 Å². The molecular weight excluding hydrogens is 212 g/mol. The number of carbonyl (C=O) groups is 1. The molecule has 0 atom stereocenters. The van der Waals surface area contributed by atoms with Crippen LogP contribution in [0.4, 0.5) is 0 Å². The van der Waals surface area contributed by atoms with Crippen molar-refractivity contribution in [1.82, 2.24) is 10.5 Å². The number of nitrogens with one attached hydrogen (secondary N) is 1. The Hall–Kier alpha value is -1.40. The summed E-state index contributed by atoms with van der Waals surface area (Å²) >= 11 is 0. The number of rotatable bonds is 4. The molecule has 0 amide bonds.